The molecule has 1 rings (SSSR count). The van der Waals surface area contributed by atoms with Gasteiger partial charge in [-0.15, -0.1) is 0 Å². The second kappa shape index (κ2) is 11.4. The molecule has 0 heterocycles. The summed E-state index contributed by atoms with van der Waals surface area (Å²) in [7, 11) is 1.54. The number of carbonyl (C=O) groups excluding carboxylic acids is 1. The molecule has 0 spiro atoms. The minimum absolute atomic E-state index is 0.220. The van der Waals surface area contributed by atoms with E-state index in [4.69, 9.17) is 19.0 Å². The predicted molar refractivity (Wildman–Crippen MR) is 82.2 cm³/mol. The zero-order chi connectivity index (χ0) is 16.0. The summed E-state index contributed by atoms with van der Waals surface area (Å²) >= 11 is 0. The molecule has 1 N–H and O–H groups in total. The highest BCUT2D eigenvalue weighted by atomic mass is 16.6. The van der Waals surface area contributed by atoms with Crippen molar-refractivity contribution < 1.29 is 23.8 Å². The number of hydrogen-bond acceptors (Lipinski definition) is 6. The molecule has 0 aliphatic rings. The van der Waals surface area contributed by atoms with Crippen molar-refractivity contribution >= 4 is 11.8 Å². The predicted octanol–water partition coefficient (Wildman–Crippen LogP) is 1.83. The zero-order valence-electron chi connectivity index (χ0n) is 12.9. The van der Waals surface area contributed by atoms with Gasteiger partial charge in [-0.05, 0) is 19.1 Å². The van der Waals surface area contributed by atoms with Crippen molar-refractivity contribution in [3.63, 3.8) is 0 Å². The molecule has 22 heavy (non-hydrogen) atoms. The van der Waals surface area contributed by atoms with Gasteiger partial charge in [-0.25, -0.2) is 4.79 Å². The third-order valence-corrected chi connectivity index (χ3v) is 2.39. The van der Waals surface area contributed by atoms with Gasteiger partial charge in [0.15, 0.2) is 0 Å². The van der Waals surface area contributed by atoms with E-state index in [9.17, 15) is 4.79 Å². The SMILES string of the molecule is COCCOC(=O)NCCON=C(C)COc1ccccc1. The van der Waals surface area contributed by atoms with Gasteiger partial charge < -0.3 is 24.4 Å². The van der Waals surface area contributed by atoms with Crippen molar-refractivity contribution in [3.05, 3.63) is 30.3 Å². The Kier molecular flexibility index (Phi) is 9.20. The minimum atomic E-state index is -0.506. The molecule has 1 aromatic rings. The number of ether oxygens (including phenoxy) is 3. The number of carbonyl (C=O) groups is 1. The average Bonchev–Trinajstić information content (AvgIpc) is 2.54. The second-order valence-electron chi connectivity index (χ2n) is 4.32. The fourth-order valence-electron chi connectivity index (χ4n) is 1.35. The molecule has 0 atom stereocenters. The lowest BCUT2D eigenvalue weighted by molar-refractivity contribution is 0.0940. The first-order chi connectivity index (χ1) is 10.7. The van der Waals surface area contributed by atoms with E-state index in [2.05, 4.69) is 10.5 Å². The number of benzene rings is 1. The van der Waals surface area contributed by atoms with Crippen molar-refractivity contribution in [3.8, 4) is 5.75 Å². The van der Waals surface area contributed by atoms with Crippen LogP contribution in [0, 0.1) is 0 Å². The smallest absolute Gasteiger partial charge is 0.407 e. The second-order valence-corrected chi connectivity index (χ2v) is 4.32. The highest BCUT2D eigenvalue weighted by Gasteiger charge is 2.00. The van der Waals surface area contributed by atoms with Crippen molar-refractivity contribution in [1.29, 1.82) is 0 Å². The first-order valence-corrected chi connectivity index (χ1v) is 6.95. The molecule has 7 nitrogen and oxygen atoms in total. The zero-order valence-corrected chi connectivity index (χ0v) is 12.9. The van der Waals surface area contributed by atoms with Crippen LogP contribution in [0.15, 0.2) is 35.5 Å². The normalized spacial score (nSPS) is 10.9. The van der Waals surface area contributed by atoms with Gasteiger partial charge in [-0.3, -0.25) is 0 Å². The first-order valence-electron chi connectivity index (χ1n) is 6.95. The third-order valence-electron chi connectivity index (χ3n) is 2.39. The summed E-state index contributed by atoms with van der Waals surface area (Å²) in [6.07, 6.45) is -0.506. The summed E-state index contributed by atoms with van der Waals surface area (Å²) in [5.74, 6) is 0.775. The van der Waals surface area contributed by atoms with Crippen LogP contribution in [-0.4, -0.2) is 51.9 Å². The van der Waals surface area contributed by atoms with E-state index in [0.29, 0.717) is 25.5 Å². The molecule has 0 fully saturated rings. The van der Waals surface area contributed by atoms with Crippen LogP contribution in [0.25, 0.3) is 0 Å². The van der Waals surface area contributed by atoms with Gasteiger partial charge >= 0.3 is 6.09 Å². The van der Waals surface area contributed by atoms with Crippen LogP contribution in [0.2, 0.25) is 0 Å². The molecule has 0 aliphatic carbocycles. The maximum atomic E-state index is 11.2. The molecule has 0 bridgehead atoms. The molecule has 1 amide bonds. The number of amides is 1. The highest BCUT2D eigenvalue weighted by molar-refractivity contribution is 5.82. The Labute approximate surface area is 130 Å². The fourth-order valence-corrected chi connectivity index (χ4v) is 1.35. The highest BCUT2D eigenvalue weighted by Crippen LogP contribution is 2.07. The summed E-state index contributed by atoms with van der Waals surface area (Å²) in [4.78, 5) is 16.2. The van der Waals surface area contributed by atoms with E-state index in [1.807, 2.05) is 30.3 Å². The van der Waals surface area contributed by atoms with Gasteiger partial charge in [0.1, 0.15) is 25.6 Å². The molecule has 0 aliphatic heterocycles. The number of nitrogens with one attached hydrogen (secondary N) is 1. The minimum Gasteiger partial charge on any atom is -0.488 e. The summed E-state index contributed by atoms with van der Waals surface area (Å²) in [6, 6.07) is 9.45. The third kappa shape index (κ3) is 8.80. The maximum Gasteiger partial charge on any atom is 0.407 e. The molecular weight excluding hydrogens is 288 g/mol. The van der Waals surface area contributed by atoms with E-state index in [-0.39, 0.29) is 13.2 Å². The standard InChI is InChI=1S/C15H22N2O5/c1-13(12-21-14-6-4-3-5-7-14)17-22-9-8-16-15(18)20-11-10-19-2/h3-7H,8-12H2,1-2H3,(H,16,18). The number of hydrogen-bond donors (Lipinski definition) is 1. The topological polar surface area (TPSA) is 78.4 Å². The number of nitrogens with zero attached hydrogens (tertiary/aromatic N) is 1. The van der Waals surface area contributed by atoms with Crippen molar-refractivity contribution in [2.75, 3.05) is 40.1 Å². The van der Waals surface area contributed by atoms with Gasteiger partial charge in [-0.1, -0.05) is 23.4 Å². The Balaban J connectivity index is 2.06. The molecule has 0 unspecified atom stereocenters. The summed E-state index contributed by atoms with van der Waals surface area (Å²) < 4.78 is 15.1. The first kappa shape index (κ1) is 17.8. The molecule has 0 saturated heterocycles. The largest absolute Gasteiger partial charge is 0.488 e. The quantitative estimate of drug-likeness (QED) is 0.405. The number of methoxy groups -OCH3 is 1. The van der Waals surface area contributed by atoms with Crippen LogP contribution >= 0.6 is 0 Å². The van der Waals surface area contributed by atoms with Gasteiger partial charge in [0.2, 0.25) is 0 Å². The van der Waals surface area contributed by atoms with Gasteiger partial charge in [0.05, 0.1) is 18.9 Å². The Morgan fingerprint density at radius 1 is 1.18 bits per heavy atom. The van der Waals surface area contributed by atoms with Gasteiger partial charge in [0, 0.05) is 7.11 Å². The Morgan fingerprint density at radius 3 is 2.68 bits per heavy atom. The van der Waals surface area contributed by atoms with Crippen molar-refractivity contribution in [1.82, 2.24) is 5.32 Å². The van der Waals surface area contributed by atoms with Crippen LogP contribution in [0.4, 0.5) is 4.79 Å². The van der Waals surface area contributed by atoms with Crippen LogP contribution in [0.3, 0.4) is 0 Å². The Bertz CT molecular complexity index is 451. The fraction of sp³-hybridized carbons (Fsp3) is 0.467. The van der Waals surface area contributed by atoms with E-state index >= 15 is 0 Å². The van der Waals surface area contributed by atoms with E-state index in [0.717, 1.165) is 5.75 Å². The van der Waals surface area contributed by atoms with Crippen LogP contribution in [0.5, 0.6) is 5.75 Å². The van der Waals surface area contributed by atoms with Crippen molar-refractivity contribution in [2.45, 2.75) is 6.92 Å². The van der Waals surface area contributed by atoms with Crippen LogP contribution in [0.1, 0.15) is 6.92 Å². The van der Waals surface area contributed by atoms with Gasteiger partial charge in [0.25, 0.3) is 0 Å². The van der Waals surface area contributed by atoms with Crippen molar-refractivity contribution in [2.24, 2.45) is 5.16 Å². The molecule has 0 saturated carbocycles. The van der Waals surface area contributed by atoms with E-state index in [1.165, 1.54) is 7.11 Å². The molecule has 7 heteroatoms. The number of oxime groups is 1. The van der Waals surface area contributed by atoms with E-state index < -0.39 is 6.09 Å². The molecule has 0 aromatic heterocycles. The molecule has 122 valence electrons. The Morgan fingerprint density at radius 2 is 1.95 bits per heavy atom. The molecule has 1 aromatic carbocycles. The Hall–Kier alpha value is -2.28. The molecule has 0 radical (unpaired) electrons. The lowest BCUT2D eigenvalue weighted by Gasteiger charge is -2.07. The molecular formula is C15H22N2O5. The van der Waals surface area contributed by atoms with E-state index in [1.54, 1.807) is 6.92 Å². The monoisotopic (exact) mass is 310 g/mol. The van der Waals surface area contributed by atoms with Crippen LogP contribution < -0.4 is 10.1 Å². The maximum absolute atomic E-state index is 11.2. The summed E-state index contributed by atoms with van der Waals surface area (Å²) in [6.45, 7) is 3.29. The lowest BCUT2D eigenvalue weighted by atomic mass is 10.3. The number of alkyl carbamates (subject to hydrolysis) is 1. The summed E-state index contributed by atoms with van der Waals surface area (Å²) in [5, 5.41) is 6.42. The van der Waals surface area contributed by atoms with Gasteiger partial charge in [-0.2, -0.15) is 0 Å². The van der Waals surface area contributed by atoms with Crippen LogP contribution in [-0.2, 0) is 14.3 Å². The lowest BCUT2D eigenvalue weighted by Crippen LogP contribution is -2.28. The number of para-hydroxylation sites is 1. The average molecular weight is 310 g/mol. The summed E-state index contributed by atoms with van der Waals surface area (Å²) in [5.41, 5.74) is 0.700. The number of rotatable bonds is 10.